The lowest BCUT2D eigenvalue weighted by Gasteiger charge is -1.78. The van der Waals surface area contributed by atoms with E-state index in [9.17, 15) is 9.13 Å². The highest BCUT2D eigenvalue weighted by atomic mass is 31.1. The molecule has 0 heterocycles. The van der Waals surface area contributed by atoms with Crippen molar-refractivity contribution in [3.05, 3.63) is 0 Å². The van der Waals surface area contributed by atoms with Crippen molar-refractivity contribution < 1.29 is 14.2 Å². The average Bonchev–Trinajstić information content (AvgIpc) is 1.61. The third kappa shape index (κ3) is 5.86. The number of aliphatic hydroxyl groups excluding tert-OH is 1. The van der Waals surface area contributed by atoms with Crippen LogP contribution in [0, 0.1) is 0 Å². The molecule has 1 N–H and O–H groups in total. The lowest BCUT2D eigenvalue weighted by molar-refractivity contribution is 0.295. The molecule has 0 unspecified atom stereocenters. The zero-order valence-electron chi connectivity index (χ0n) is 3.83. The summed E-state index contributed by atoms with van der Waals surface area (Å²) in [5.74, 6) is 0. The molecule has 0 saturated heterocycles. The van der Waals surface area contributed by atoms with E-state index < -0.39 is 7.68 Å². The minimum Gasteiger partial charge on any atom is -0.396 e. The van der Waals surface area contributed by atoms with E-state index in [1.807, 2.05) is 0 Å². The molecule has 0 aromatic heterocycles. The van der Waals surface area contributed by atoms with Crippen LogP contribution in [0.2, 0.25) is 0 Å². The van der Waals surface area contributed by atoms with Crippen LogP contribution in [0.1, 0.15) is 6.42 Å². The predicted molar refractivity (Wildman–Crippen MR) is 24.9 cm³/mol. The van der Waals surface area contributed by atoms with Gasteiger partial charge in [-0.05, 0) is 6.42 Å². The molecule has 0 saturated carbocycles. The largest absolute Gasteiger partial charge is 0.396 e. The van der Waals surface area contributed by atoms with E-state index in [4.69, 9.17) is 5.11 Å². The van der Waals surface area contributed by atoms with Gasteiger partial charge in [-0.1, -0.05) is 0 Å². The first-order valence-corrected chi connectivity index (χ1v) is 3.36. The third-order valence-corrected chi connectivity index (χ3v) is 1.18. The molecule has 4 heteroatoms. The number of hydrogen-bond donors (Lipinski definition) is 1. The molecule has 0 aliphatic rings. The van der Waals surface area contributed by atoms with Gasteiger partial charge in [-0.15, -0.1) is 0 Å². The van der Waals surface area contributed by atoms with Crippen molar-refractivity contribution >= 4 is 7.68 Å². The van der Waals surface area contributed by atoms with Crippen molar-refractivity contribution in [3.8, 4) is 0 Å². The van der Waals surface area contributed by atoms with Crippen LogP contribution in [-0.2, 0) is 9.13 Å². The van der Waals surface area contributed by atoms with Gasteiger partial charge in [0.15, 0.2) is 0 Å². The minimum absolute atomic E-state index is 0.0384. The minimum atomic E-state index is -2.27. The van der Waals surface area contributed by atoms with E-state index in [0.717, 1.165) is 0 Å². The first-order chi connectivity index (χ1) is 3.27. The summed E-state index contributed by atoms with van der Waals surface area (Å²) in [7, 11) is -2.27. The van der Waals surface area contributed by atoms with Gasteiger partial charge in [0, 0.05) is 6.61 Å². The van der Waals surface area contributed by atoms with Gasteiger partial charge in [0.2, 0.25) is 0 Å². The molecule has 0 bridgehead atoms. The maximum Gasteiger partial charge on any atom is 0.315 e. The smallest absolute Gasteiger partial charge is 0.315 e. The number of aliphatic hydroxyl groups is 1. The van der Waals surface area contributed by atoms with Gasteiger partial charge in [-0.25, -0.2) is 9.13 Å². The fourth-order valence-electron chi connectivity index (χ4n) is 0.200. The van der Waals surface area contributed by atoms with Crippen molar-refractivity contribution in [2.45, 2.75) is 6.42 Å². The molecule has 0 aromatic rings. The second-order valence-corrected chi connectivity index (χ2v) is 2.25. The van der Waals surface area contributed by atoms with Crippen molar-refractivity contribution in [1.82, 2.24) is 0 Å². The van der Waals surface area contributed by atoms with Crippen LogP contribution in [0.25, 0.3) is 0 Å². The maximum absolute atomic E-state index is 9.68. The molecule has 0 spiro atoms. The quantitative estimate of drug-likeness (QED) is 0.556. The van der Waals surface area contributed by atoms with Gasteiger partial charge in [-0.2, -0.15) is 0 Å². The molecular formula is C3H7O3P. The lowest BCUT2D eigenvalue weighted by Crippen LogP contribution is -1.81. The standard InChI is InChI=1S/C3H7O3P/c4-2-1-3-7(5)6/h4H,1-3H2. The Kier molecular flexibility index (Phi) is 3.95. The Hall–Kier alpha value is -0.140. The summed E-state index contributed by atoms with van der Waals surface area (Å²) >= 11 is 0. The first-order valence-electron chi connectivity index (χ1n) is 2.00. The Bertz CT molecular complexity index is 88.4. The Balaban J connectivity index is 2.98. The highest BCUT2D eigenvalue weighted by molar-refractivity contribution is 7.30. The SMILES string of the molecule is O=P(=O)CCCO. The molecule has 3 nitrogen and oxygen atoms in total. The van der Waals surface area contributed by atoms with Crippen molar-refractivity contribution in [2.24, 2.45) is 0 Å². The van der Waals surface area contributed by atoms with E-state index in [1.165, 1.54) is 0 Å². The fourth-order valence-corrected chi connectivity index (χ4v) is 0.599. The second-order valence-electron chi connectivity index (χ2n) is 1.13. The van der Waals surface area contributed by atoms with Gasteiger partial charge in [-0.3, -0.25) is 0 Å². The average molecular weight is 122 g/mol. The molecule has 0 atom stereocenters. The van der Waals surface area contributed by atoms with E-state index in [-0.39, 0.29) is 12.8 Å². The summed E-state index contributed by atoms with van der Waals surface area (Å²) in [6.45, 7) is -0.0384. The molecule has 0 aliphatic heterocycles. The van der Waals surface area contributed by atoms with Gasteiger partial charge in [0.25, 0.3) is 0 Å². The summed E-state index contributed by atoms with van der Waals surface area (Å²) in [6, 6.07) is 0. The molecule has 0 amide bonds. The summed E-state index contributed by atoms with van der Waals surface area (Å²) in [6.07, 6.45) is 0.463. The highest BCUT2D eigenvalue weighted by Crippen LogP contribution is 2.02. The molecule has 0 fully saturated rings. The van der Waals surface area contributed by atoms with Crippen LogP contribution < -0.4 is 0 Å². The van der Waals surface area contributed by atoms with Crippen molar-refractivity contribution in [2.75, 3.05) is 12.8 Å². The van der Waals surface area contributed by atoms with Crippen LogP contribution >= 0.6 is 7.68 Å². The van der Waals surface area contributed by atoms with E-state index in [0.29, 0.717) is 6.42 Å². The number of hydrogen-bond acceptors (Lipinski definition) is 3. The predicted octanol–water partition coefficient (Wildman–Crippen LogP) is 0.542. The topological polar surface area (TPSA) is 54.4 Å². The number of rotatable bonds is 3. The molecular weight excluding hydrogens is 115 g/mol. The first kappa shape index (κ1) is 6.86. The third-order valence-electron chi connectivity index (χ3n) is 0.499. The lowest BCUT2D eigenvalue weighted by atomic mass is 10.5. The highest BCUT2D eigenvalue weighted by Gasteiger charge is 1.87. The Labute approximate surface area is 42.2 Å². The summed E-state index contributed by atoms with van der Waals surface area (Å²) in [4.78, 5) is 0. The zero-order valence-corrected chi connectivity index (χ0v) is 4.73. The summed E-state index contributed by atoms with van der Waals surface area (Å²) in [5.41, 5.74) is 0. The molecule has 0 radical (unpaired) electrons. The van der Waals surface area contributed by atoms with Crippen LogP contribution in [0.3, 0.4) is 0 Å². The van der Waals surface area contributed by atoms with E-state index >= 15 is 0 Å². The van der Waals surface area contributed by atoms with E-state index in [2.05, 4.69) is 0 Å². The zero-order chi connectivity index (χ0) is 5.70. The maximum atomic E-state index is 9.68. The molecule has 0 rings (SSSR count). The normalized spacial score (nSPS) is 8.71. The molecule has 0 aromatic carbocycles. The van der Waals surface area contributed by atoms with Crippen molar-refractivity contribution in [3.63, 3.8) is 0 Å². The summed E-state index contributed by atoms with van der Waals surface area (Å²) < 4.78 is 19.4. The Morgan fingerprint density at radius 3 is 2.14 bits per heavy atom. The van der Waals surface area contributed by atoms with Gasteiger partial charge in [0.05, 0.1) is 6.16 Å². The fraction of sp³-hybridized carbons (Fsp3) is 1.00. The molecule has 7 heavy (non-hydrogen) atoms. The van der Waals surface area contributed by atoms with Gasteiger partial charge in [0.1, 0.15) is 0 Å². The second kappa shape index (κ2) is 4.03. The van der Waals surface area contributed by atoms with Crippen LogP contribution in [0.15, 0.2) is 0 Å². The summed E-state index contributed by atoms with van der Waals surface area (Å²) in [5, 5.41) is 8.05. The van der Waals surface area contributed by atoms with E-state index in [1.54, 1.807) is 0 Å². The van der Waals surface area contributed by atoms with Crippen LogP contribution in [0.4, 0.5) is 0 Å². The monoisotopic (exact) mass is 122 g/mol. The van der Waals surface area contributed by atoms with Gasteiger partial charge >= 0.3 is 7.68 Å². The van der Waals surface area contributed by atoms with Gasteiger partial charge < -0.3 is 5.11 Å². The molecule has 0 aliphatic carbocycles. The Morgan fingerprint density at radius 2 is 2.00 bits per heavy atom. The Morgan fingerprint density at radius 1 is 1.43 bits per heavy atom. The van der Waals surface area contributed by atoms with Crippen LogP contribution in [-0.4, -0.2) is 17.9 Å². The van der Waals surface area contributed by atoms with Crippen LogP contribution in [0.5, 0.6) is 0 Å². The molecule has 42 valence electrons. The van der Waals surface area contributed by atoms with Crippen molar-refractivity contribution in [1.29, 1.82) is 0 Å².